The van der Waals surface area contributed by atoms with Crippen LogP contribution in [0.2, 0.25) is 5.02 Å². The second kappa shape index (κ2) is 9.78. The molecule has 0 aliphatic carbocycles. The average molecular weight is 487 g/mol. The minimum atomic E-state index is -0.805. The number of nitrogens with one attached hydrogen (secondary N) is 1. The first-order valence-electron chi connectivity index (χ1n) is 10.6. The molecule has 0 fully saturated rings. The molecular formula is C23H24ClFN6O3. The predicted octanol–water partition coefficient (Wildman–Crippen LogP) is 3.16. The zero-order valence-corrected chi connectivity index (χ0v) is 19.7. The number of hydrogen-bond donors (Lipinski definition) is 2. The SMILES string of the molecule is Cc1nnn(C)c1COc1ccc2c(C(=O)NCc3ccc(Cl)cc3)nn(C[C@@H](C)O)c2c1F. The van der Waals surface area contributed by atoms with Gasteiger partial charge in [-0.25, -0.2) is 9.07 Å². The number of rotatable bonds is 8. The number of carbonyl (C=O) groups is 1. The topological polar surface area (TPSA) is 107 Å². The number of aliphatic hydroxyl groups is 1. The molecule has 178 valence electrons. The third-order valence-corrected chi connectivity index (χ3v) is 5.59. The van der Waals surface area contributed by atoms with Crippen LogP contribution < -0.4 is 10.1 Å². The van der Waals surface area contributed by atoms with Crippen molar-refractivity contribution < 1.29 is 19.0 Å². The van der Waals surface area contributed by atoms with Gasteiger partial charge in [-0.3, -0.25) is 9.48 Å². The lowest BCUT2D eigenvalue weighted by atomic mass is 10.1. The lowest BCUT2D eigenvalue weighted by molar-refractivity contribution is 0.0945. The van der Waals surface area contributed by atoms with Crippen LogP contribution in [0.3, 0.4) is 0 Å². The van der Waals surface area contributed by atoms with E-state index in [0.29, 0.717) is 21.8 Å². The first-order valence-corrected chi connectivity index (χ1v) is 11.0. The van der Waals surface area contributed by atoms with Gasteiger partial charge in [0.05, 0.1) is 24.0 Å². The van der Waals surface area contributed by atoms with E-state index in [2.05, 4.69) is 20.7 Å². The summed E-state index contributed by atoms with van der Waals surface area (Å²) in [7, 11) is 1.73. The molecule has 1 atom stereocenters. The molecule has 0 saturated heterocycles. The van der Waals surface area contributed by atoms with Gasteiger partial charge in [-0.05, 0) is 43.7 Å². The standard InChI is InChI=1S/C23H24ClFN6O3/c1-13(32)11-31-22-17(21(28-31)23(33)26-10-15-4-6-16(24)7-5-15)8-9-19(20(22)25)34-12-18-14(2)27-29-30(18)3/h4-9,13,32H,10-12H2,1-3H3,(H,26,33)/t13-/m1/s1. The van der Waals surface area contributed by atoms with Crippen LogP contribution in [-0.4, -0.2) is 41.9 Å². The summed E-state index contributed by atoms with van der Waals surface area (Å²) in [5, 5.41) is 25.8. The van der Waals surface area contributed by atoms with Crippen molar-refractivity contribution in [3.8, 4) is 5.75 Å². The number of halogens is 2. The Morgan fingerprint density at radius 3 is 2.65 bits per heavy atom. The van der Waals surface area contributed by atoms with Crippen molar-refractivity contribution in [1.29, 1.82) is 0 Å². The summed E-state index contributed by atoms with van der Waals surface area (Å²) in [5.74, 6) is -1.14. The minimum absolute atomic E-state index is 0.00605. The molecule has 34 heavy (non-hydrogen) atoms. The molecule has 0 bridgehead atoms. The number of aliphatic hydroxyl groups excluding tert-OH is 1. The molecule has 1 amide bonds. The summed E-state index contributed by atoms with van der Waals surface area (Å²) in [6, 6.07) is 10.1. The smallest absolute Gasteiger partial charge is 0.272 e. The fraction of sp³-hybridized carbons (Fsp3) is 0.304. The summed E-state index contributed by atoms with van der Waals surface area (Å²) in [5.41, 5.74) is 2.38. The van der Waals surface area contributed by atoms with E-state index in [9.17, 15) is 9.90 Å². The molecule has 9 nitrogen and oxygen atoms in total. The van der Waals surface area contributed by atoms with Gasteiger partial charge in [0.1, 0.15) is 12.1 Å². The van der Waals surface area contributed by atoms with E-state index in [1.807, 2.05) is 0 Å². The van der Waals surface area contributed by atoms with E-state index in [1.165, 1.54) is 10.7 Å². The van der Waals surface area contributed by atoms with E-state index in [-0.39, 0.29) is 36.7 Å². The average Bonchev–Trinajstić information content (AvgIpc) is 3.32. The second-order valence-corrected chi connectivity index (χ2v) is 8.43. The zero-order valence-electron chi connectivity index (χ0n) is 18.9. The Hall–Kier alpha value is -3.50. The highest BCUT2D eigenvalue weighted by Gasteiger charge is 2.23. The van der Waals surface area contributed by atoms with Gasteiger partial charge < -0.3 is 15.2 Å². The fourth-order valence-electron chi connectivity index (χ4n) is 3.57. The maximum atomic E-state index is 15.5. The van der Waals surface area contributed by atoms with Crippen molar-refractivity contribution in [1.82, 2.24) is 30.1 Å². The number of hydrogen-bond acceptors (Lipinski definition) is 6. The van der Waals surface area contributed by atoms with Crippen LogP contribution in [0.4, 0.5) is 4.39 Å². The molecule has 4 rings (SSSR count). The van der Waals surface area contributed by atoms with E-state index in [1.54, 1.807) is 55.9 Å². The molecule has 2 heterocycles. The van der Waals surface area contributed by atoms with Gasteiger partial charge in [-0.2, -0.15) is 5.10 Å². The van der Waals surface area contributed by atoms with Crippen molar-refractivity contribution in [2.45, 2.75) is 39.6 Å². The Morgan fingerprint density at radius 2 is 2.00 bits per heavy atom. The second-order valence-electron chi connectivity index (χ2n) is 8.00. The lowest BCUT2D eigenvalue weighted by Gasteiger charge is -2.10. The third-order valence-electron chi connectivity index (χ3n) is 5.33. The molecule has 0 spiro atoms. The van der Waals surface area contributed by atoms with Gasteiger partial charge in [-0.15, -0.1) is 5.10 Å². The number of carbonyl (C=O) groups excluding carboxylic acids is 1. The molecule has 2 aromatic heterocycles. The molecule has 0 saturated carbocycles. The summed E-state index contributed by atoms with van der Waals surface area (Å²) < 4.78 is 24.1. The molecule has 0 unspecified atom stereocenters. The quantitative estimate of drug-likeness (QED) is 0.396. The maximum absolute atomic E-state index is 15.5. The van der Waals surface area contributed by atoms with Crippen molar-refractivity contribution in [3.05, 3.63) is 69.9 Å². The lowest BCUT2D eigenvalue weighted by Crippen LogP contribution is -2.24. The molecule has 0 aliphatic rings. The van der Waals surface area contributed by atoms with Gasteiger partial charge in [-0.1, -0.05) is 28.9 Å². The highest BCUT2D eigenvalue weighted by atomic mass is 35.5. The maximum Gasteiger partial charge on any atom is 0.272 e. The summed E-state index contributed by atoms with van der Waals surface area (Å²) in [6.45, 7) is 3.67. The van der Waals surface area contributed by atoms with Crippen molar-refractivity contribution in [2.75, 3.05) is 0 Å². The normalized spacial score (nSPS) is 12.2. The number of fused-ring (bicyclic) bond motifs is 1. The first kappa shape index (κ1) is 23.7. The zero-order chi connectivity index (χ0) is 24.4. The molecular weight excluding hydrogens is 463 g/mol. The minimum Gasteiger partial charge on any atom is -0.484 e. The third kappa shape index (κ3) is 4.87. The van der Waals surface area contributed by atoms with Crippen LogP contribution >= 0.6 is 11.6 Å². The molecule has 11 heteroatoms. The van der Waals surface area contributed by atoms with Gasteiger partial charge in [0.25, 0.3) is 5.91 Å². The van der Waals surface area contributed by atoms with E-state index >= 15 is 4.39 Å². The summed E-state index contributed by atoms with van der Waals surface area (Å²) in [6.07, 6.45) is -0.805. The van der Waals surface area contributed by atoms with Gasteiger partial charge in [0, 0.05) is 24.0 Å². The van der Waals surface area contributed by atoms with Crippen LogP contribution in [0.25, 0.3) is 10.9 Å². The van der Waals surface area contributed by atoms with Gasteiger partial charge >= 0.3 is 0 Å². The van der Waals surface area contributed by atoms with E-state index in [4.69, 9.17) is 16.3 Å². The monoisotopic (exact) mass is 486 g/mol. The Balaban J connectivity index is 1.63. The first-order chi connectivity index (χ1) is 16.2. The number of aryl methyl sites for hydroxylation is 2. The fourth-order valence-corrected chi connectivity index (χ4v) is 3.69. The van der Waals surface area contributed by atoms with Crippen LogP contribution in [-0.2, 0) is 26.7 Å². The van der Waals surface area contributed by atoms with E-state index in [0.717, 1.165) is 5.56 Å². The summed E-state index contributed by atoms with van der Waals surface area (Å²) >= 11 is 5.90. The molecule has 0 radical (unpaired) electrons. The molecule has 4 aromatic rings. The number of ether oxygens (including phenoxy) is 1. The Bertz CT molecular complexity index is 1310. The van der Waals surface area contributed by atoms with Crippen LogP contribution in [0.5, 0.6) is 5.75 Å². The number of amides is 1. The molecule has 0 aliphatic heterocycles. The predicted molar refractivity (Wildman–Crippen MR) is 124 cm³/mol. The van der Waals surface area contributed by atoms with Crippen molar-refractivity contribution in [2.24, 2.45) is 7.05 Å². The van der Waals surface area contributed by atoms with Gasteiger partial charge in [0.15, 0.2) is 17.3 Å². The Morgan fingerprint density at radius 1 is 1.26 bits per heavy atom. The van der Waals surface area contributed by atoms with Crippen molar-refractivity contribution in [3.63, 3.8) is 0 Å². The van der Waals surface area contributed by atoms with Crippen molar-refractivity contribution >= 4 is 28.4 Å². The van der Waals surface area contributed by atoms with Crippen LogP contribution in [0.15, 0.2) is 36.4 Å². The number of benzene rings is 2. The number of nitrogens with zero attached hydrogens (tertiary/aromatic N) is 5. The highest BCUT2D eigenvalue weighted by Crippen LogP contribution is 2.30. The van der Waals surface area contributed by atoms with E-state index < -0.39 is 17.8 Å². The van der Waals surface area contributed by atoms with Gasteiger partial charge in [0.2, 0.25) is 0 Å². The summed E-state index contributed by atoms with van der Waals surface area (Å²) in [4.78, 5) is 12.9. The highest BCUT2D eigenvalue weighted by molar-refractivity contribution is 6.30. The molecule has 2 N–H and O–H groups in total. The molecule has 2 aromatic carbocycles. The Kier molecular flexibility index (Phi) is 6.80. The Labute approximate surface area is 200 Å². The largest absolute Gasteiger partial charge is 0.484 e. The van der Waals surface area contributed by atoms with Crippen LogP contribution in [0.1, 0.15) is 34.4 Å². The number of aromatic nitrogens is 5. The van der Waals surface area contributed by atoms with Crippen LogP contribution in [0, 0.1) is 12.7 Å².